The van der Waals surface area contributed by atoms with Gasteiger partial charge in [0.2, 0.25) is 5.91 Å². The molecule has 2 heterocycles. The van der Waals surface area contributed by atoms with E-state index in [1.807, 2.05) is 0 Å². The molecule has 0 aromatic rings. The second-order valence-corrected chi connectivity index (χ2v) is 6.97. The summed E-state index contributed by atoms with van der Waals surface area (Å²) in [7, 11) is 0. The Morgan fingerprint density at radius 1 is 1.36 bits per heavy atom. The van der Waals surface area contributed by atoms with Crippen LogP contribution in [0.3, 0.4) is 0 Å². The molecule has 2 saturated heterocycles. The summed E-state index contributed by atoms with van der Waals surface area (Å²) in [6.45, 7) is 4.98. The van der Waals surface area contributed by atoms with Crippen molar-refractivity contribution in [1.82, 2.24) is 9.80 Å². The standard InChI is InChI=1S/C13H14N2O4S3/c1-2-4-15-11(18)10(22-13(15)20)12-14(9(17)7-21-12)5-3-6-19-8-16/h2,8H,1,3-7H2. The number of ether oxygens (including phenoxy) is 1. The zero-order valence-corrected chi connectivity index (χ0v) is 14.1. The third-order valence-corrected chi connectivity index (χ3v) is 5.60. The fourth-order valence-electron chi connectivity index (χ4n) is 1.98. The van der Waals surface area contributed by atoms with E-state index in [1.54, 1.807) is 11.0 Å². The van der Waals surface area contributed by atoms with Crippen molar-refractivity contribution in [2.75, 3.05) is 25.4 Å². The van der Waals surface area contributed by atoms with E-state index in [2.05, 4.69) is 11.3 Å². The highest BCUT2D eigenvalue weighted by Crippen LogP contribution is 2.41. The van der Waals surface area contributed by atoms with Gasteiger partial charge in [0.05, 0.1) is 17.4 Å². The predicted octanol–water partition coefficient (Wildman–Crippen LogP) is 1.34. The maximum absolute atomic E-state index is 12.4. The fourth-order valence-corrected chi connectivity index (χ4v) is 4.51. The van der Waals surface area contributed by atoms with Crippen LogP contribution in [0.2, 0.25) is 0 Å². The minimum Gasteiger partial charge on any atom is -0.468 e. The molecular weight excluding hydrogens is 344 g/mol. The highest BCUT2D eigenvalue weighted by atomic mass is 32.2. The van der Waals surface area contributed by atoms with Crippen molar-refractivity contribution >= 4 is 58.3 Å². The minimum absolute atomic E-state index is 0.0555. The van der Waals surface area contributed by atoms with Gasteiger partial charge in [0.1, 0.15) is 9.23 Å². The Bertz CT molecular complexity index is 561. The SMILES string of the molecule is C=CCN1C(=O)C(=C2SCC(=O)N2CCCOC=O)SC1=S. The molecular formula is C13H14N2O4S3. The van der Waals surface area contributed by atoms with E-state index < -0.39 is 0 Å². The maximum atomic E-state index is 12.4. The molecule has 2 aliphatic rings. The van der Waals surface area contributed by atoms with Gasteiger partial charge in [-0.3, -0.25) is 19.3 Å². The van der Waals surface area contributed by atoms with E-state index in [4.69, 9.17) is 12.2 Å². The maximum Gasteiger partial charge on any atom is 0.293 e. The molecule has 0 aromatic carbocycles. The summed E-state index contributed by atoms with van der Waals surface area (Å²) in [4.78, 5) is 38.0. The van der Waals surface area contributed by atoms with Crippen molar-refractivity contribution in [2.45, 2.75) is 6.42 Å². The van der Waals surface area contributed by atoms with Gasteiger partial charge >= 0.3 is 0 Å². The van der Waals surface area contributed by atoms with Gasteiger partial charge in [-0.2, -0.15) is 0 Å². The van der Waals surface area contributed by atoms with Crippen LogP contribution < -0.4 is 0 Å². The van der Waals surface area contributed by atoms with Gasteiger partial charge in [0.25, 0.3) is 12.4 Å². The molecule has 0 unspecified atom stereocenters. The topological polar surface area (TPSA) is 66.9 Å². The highest BCUT2D eigenvalue weighted by molar-refractivity contribution is 8.27. The molecule has 0 spiro atoms. The quantitative estimate of drug-likeness (QED) is 0.224. The van der Waals surface area contributed by atoms with Gasteiger partial charge in [0.15, 0.2) is 0 Å². The van der Waals surface area contributed by atoms with Crippen molar-refractivity contribution in [3.63, 3.8) is 0 Å². The second-order valence-electron chi connectivity index (χ2n) is 4.36. The normalized spacial score (nSPS) is 21.7. The van der Waals surface area contributed by atoms with E-state index >= 15 is 0 Å². The van der Waals surface area contributed by atoms with Crippen molar-refractivity contribution in [3.05, 3.63) is 22.6 Å². The first-order valence-corrected chi connectivity index (χ1v) is 8.68. The van der Waals surface area contributed by atoms with E-state index in [-0.39, 0.29) is 18.4 Å². The van der Waals surface area contributed by atoms with Crippen LogP contribution >= 0.6 is 35.7 Å². The molecule has 9 heteroatoms. The molecule has 0 aliphatic carbocycles. The van der Waals surface area contributed by atoms with Crippen LogP contribution in [-0.4, -0.2) is 57.9 Å². The number of thioether (sulfide) groups is 2. The molecule has 2 amide bonds. The number of thiocarbonyl (C=S) groups is 1. The number of carbonyl (C=O) groups excluding carboxylic acids is 3. The average molecular weight is 358 g/mol. The van der Waals surface area contributed by atoms with Gasteiger partial charge in [-0.15, -0.1) is 6.58 Å². The predicted molar refractivity (Wildman–Crippen MR) is 89.9 cm³/mol. The minimum atomic E-state index is -0.193. The summed E-state index contributed by atoms with van der Waals surface area (Å²) >= 11 is 7.74. The van der Waals surface area contributed by atoms with Crippen LogP contribution in [0.4, 0.5) is 0 Å². The number of rotatable bonds is 7. The lowest BCUT2D eigenvalue weighted by Crippen LogP contribution is -2.30. The number of hydrogen-bond acceptors (Lipinski definition) is 7. The Balaban J connectivity index is 2.15. The highest BCUT2D eigenvalue weighted by Gasteiger charge is 2.39. The smallest absolute Gasteiger partial charge is 0.293 e. The number of nitrogens with zero attached hydrogens (tertiary/aromatic N) is 2. The zero-order valence-electron chi connectivity index (χ0n) is 11.6. The lowest BCUT2D eigenvalue weighted by Gasteiger charge is -2.18. The molecule has 2 rings (SSSR count). The van der Waals surface area contributed by atoms with Crippen LogP contribution in [0, 0.1) is 0 Å². The van der Waals surface area contributed by atoms with Gasteiger partial charge < -0.3 is 9.64 Å². The molecule has 6 nitrogen and oxygen atoms in total. The van der Waals surface area contributed by atoms with Crippen molar-refractivity contribution in [3.8, 4) is 0 Å². The monoisotopic (exact) mass is 358 g/mol. The molecule has 0 aromatic heterocycles. The summed E-state index contributed by atoms with van der Waals surface area (Å²) in [5.41, 5.74) is 0. The van der Waals surface area contributed by atoms with Crippen LogP contribution in [0.5, 0.6) is 0 Å². The molecule has 0 radical (unpaired) electrons. The van der Waals surface area contributed by atoms with Crippen molar-refractivity contribution in [1.29, 1.82) is 0 Å². The summed E-state index contributed by atoms with van der Waals surface area (Å²) < 4.78 is 5.09. The first kappa shape index (κ1) is 17.0. The third kappa shape index (κ3) is 3.53. The Hall–Kier alpha value is -1.32. The molecule has 0 saturated carbocycles. The molecule has 22 heavy (non-hydrogen) atoms. The molecule has 0 N–H and O–H groups in total. The fraction of sp³-hybridized carbons (Fsp3) is 0.385. The van der Waals surface area contributed by atoms with Gasteiger partial charge in [0, 0.05) is 13.1 Å². The van der Waals surface area contributed by atoms with Crippen LogP contribution in [0.15, 0.2) is 22.6 Å². The largest absolute Gasteiger partial charge is 0.468 e. The summed E-state index contributed by atoms with van der Waals surface area (Å²) in [6.07, 6.45) is 2.13. The second kappa shape index (κ2) is 7.80. The summed E-state index contributed by atoms with van der Waals surface area (Å²) in [5, 5.41) is 0.639. The Morgan fingerprint density at radius 3 is 2.82 bits per heavy atom. The molecule has 2 fully saturated rings. The summed E-state index contributed by atoms with van der Waals surface area (Å²) in [6, 6.07) is 0. The van der Waals surface area contributed by atoms with Gasteiger partial charge in [-0.05, 0) is 6.42 Å². The van der Waals surface area contributed by atoms with Gasteiger partial charge in [-0.1, -0.05) is 41.8 Å². The summed E-state index contributed by atoms with van der Waals surface area (Å²) in [5.74, 6) is 0.0523. The number of amides is 2. The molecule has 0 bridgehead atoms. The van der Waals surface area contributed by atoms with Crippen LogP contribution in [0.1, 0.15) is 6.42 Å². The number of carbonyl (C=O) groups is 3. The Labute approximate surface area is 141 Å². The lowest BCUT2D eigenvalue weighted by molar-refractivity contribution is -0.129. The van der Waals surface area contributed by atoms with E-state index in [9.17, 15) is 14.4 Å². The first-order valence-electron chi connectivity index (χ1n) is 6.47. The van der Waals surface area contributed by atoms with Gasteiger partial charge in [-0.25, -0.2) is 0 Å². The molecule has 0 atom stereocenters. The van der Waals surface area contributed by atoms with Crippen LogP contribution in [0.25, 0.3) is 0 Å². The average Bonchev–Trinajstić information content (AvgIpc) is 2.99. The third-order valence-electron chi connectivity index (χ3n) is 2.95. The Kier molecular flexibility index (Phi) is 6.04. The Morgan fingerprint density at radius 2 is 2.14 bits per heavy atom. The molecule has 2 aliphatic heterocycles. The number of hydrogen-bond donors (Lipinski definition) is 0. The van der Waals surface area contributed by atoms with Crippen LogP contribution in [-0.2, 0) is 19.1 Å². The van der Waals surface area contributed by atoms with E-state index in [0.717, 1.165) is 0 Å². The molecule has 118 valence electrons. The van der Waals surface area contributed by atoms with Crippen molar-refractivity contribution < 1.29 is 19.1 Å². The lowest BCUT2D eigenvalue weighted by atomic mass is 10.4. The van der Waals surface area contributed by atoms with E-state index in [1.165, 1.54) is 28.4 Å². The first-order chi connectivity index (χ1) is 10.6. The van der Waals surface area contributed by atoms with Crippen molar-refractivity contribution in [2.24, 2.45) is 0 Å². The van der Waals surface area contributed by atoms with E-state index in [0.29, 0.717) is 46.0 Å². The zero-order chi connectivity index (χ0) is 16.1.